The first-order valence-electron chi connectivity index (χ1n) is 9.52. The van der Waals surface area contributed by atoms with Gasteiger partial charge in [0.05, 0.1) is 6.20 Å². The van der Waals surface area contributed by atoms with Crippen LogP contribution in [-0.2, 0) is 9.59 Å². The third-order valence-electron chi connectivity index (χ3n) is 5.21. The van der Waals surface area contributed by atoms with Crippen molar-refractivity contribution in [2.45, 2.75) is 65.3 Å². The molecule has 1 aliphatic rings. The van der Waals surface area contributed by atoms with Gasteiger partial charge in [-0.2, -0.15) is 0 Å². The predicted octanol–water partition coefficient (Wildman–Crippen LogP) is 2.86. The Balaban J connectivity index is 2.19. The Bertz CT molecular complexity index is 664. The number of aliphatic carboxylic acids is 1. The molecule has 1 aromatic rings. The number of carbonyl (C=O) groups excluding carboxylic acids is 2. The summed E-state index contributed by atoms with van der Waals surface area (Å²) in [6.07, 6.45) is 9.27. The highest BCUT2D eigenvalue weighted by Gasteiger charge is 2.37. The predicted molar refractivity (Wildman–Crippen MR) is 100 cm³/mol. The molecule has 1 aliphatic carbocycles. The van der Waals surface area contributed by atoms with Gasteiger partial charge < -0.3 is 10.4 Å². The van der Waals surface area contributed by atoms with E-state index in [1.165, 1.54) is 18.6 Å². The van der Waals surface area contributed by atoms with E-state index in [0.717, 1.165) is 32.1 Å². The fourth-order valence-corrected chi connectivity index (χ4v) is 3.66. The van der Waals surface area contributed by atoms with Gasteiger partial charge in [0.25, 0.3) is 0 Å². The van der Waals surface area contributed by atoms with Crippen LogP contribution in [0.5, 0.6) is 0 Å². The molecule has 2 N–H and O–H groups in total. The summed E-state index contributed by atoms with van der Waals surface area (Å²) in [5.41, 5.74) is -0.398. The number of aromatic nitrogens is 2. The minimum atomic E-state index is -1.07. The fraction of sp³-hybridized carbons (Fsp3) is 0.650. The van der Waals surface area contributed by atoms with Crippen LogP contribution in [-0.4, -0.2) is 38.8 Å². The van der Waals surface area contributed by atoms with E-state index < -0.39 is 23.3 Å². The van der Waals surface area contributed by atoms with Crippen LogP contribution in [0, 0.1) is 17.3 Å². The van der Waals surface area contributed by atoms with Gasteiger partial charge in [0, 0.05) is 24.7 Å². The Kier molecular flexibility index (Phi) is 7.05. The van der Waals surface area contributed by atoms with Crippen LogP contribution in [0.25, 0.3) is 0 Å². The molecule has 2 atom stereocenters. The maximum Gasteiger partial charge on any atom is 0.326 e. The third-order valence-corrected chi connectivity index (χ3v) is 5.21. The van der Waals surface area contributed by atoms with Gasteiger partial charge in [-0.25, -0.2) is 9.78 Å². The van der Waals surface area contributed by atoms with Crippen molar-refractivity contribution in [2.24, 2.45) is 17.3 Å². The Morgan fingerprint density at radius 1 is 1.19 bits per heavy atom. The van der Waals surface area contributed by atoms with Gasteiger partial charge in [-0.1, -0.05) is 40.0 Å². The van der Waals surface area contributed by atoms with Crippen LogP contribution in [0.4, 0.5) is 0 Å². The largest absolute Gasteiger partial charge is 0.480 e. The molecule has 1 amide bonds. The molecule has 148 valence electrons. The molecule has 7 heteroatoms. The number of ketones is 1. The second kappa shape index (κ2) is 9.06. The Morgan fingerprint density at radius 2 is 1.85 bits per heavy atom. The van der Waals surface area contributed by atoms with E-state index in [1.807, 2.05) is 0 Å². The summed E-state index contributed by atoms with van der Waals surface area (Å²) in [6, 6.07) is -1.01. The van der Waals surface area contributed by atoms with Gasteiger partial charge in [0.15, 0.2) is 5.78 Å². The minimum Gasteiger partial charge on any atom is -0.480 e. The van der Waals surface area contributed by atoms with Crippen molar-refractivity contribution in [2.75, 3.05) is 0 Å². The van der Waals surface area contributed by atoms with Crippen LogP contribution < -0.4 is 5.32 Å². The second-order valence-corrected chi connectivity index (χ2v) is 8.37. The maximum absolute atomic E-state index is 13.0. The lowest BCUT2D eigenvalue weighted by molar-refractivity contribution is -0.146. The van der Waals surface area contributed by atoms with Crippen LogP contribution >= 0.6 is 0 Å². The minimum absolute atomic E-state index is 0.0195. The highest BCUT2D eigenvalue weighted by molar-refractivity contribution is 5.97. The van der Waals surface area contributed by atoms with E-state index in [0.29, 0.717) is 0 Å². The van der Waals surface area contributed by atoms with Crippen molar-refractivity contribution in [1.82, 2.24) is 15.3 Å². The zero-order chi connectivity index (χ0) is 20.0. The molecule has 0 spiro atoms. The summed E-state index contributed by atoms with van der Waals surface area (Å²) in [6.45, 7) is 5.31. The Hall–Kier alpha value is -2.31. The number of hydrogen-bond donors (Lipinski definition) is 2. The smallest absolute Gasteiger partial charge is 0.326 e. The van der Waals surface area contributed by atoms with Gasteiger partial charge in [0.2, 0.25) is 5.91 Å². The van der Waals surface area contributed by atoms with Crippen molar-refractivity contribution >= 4 is 17.7 Å². The van der Waals surface area contributed by atoms with E-state index in [1.54, 1.807) is 20.8 Å². The molecule has 0 aliphatic heterocycles. The number of carbonyl (C=O) groups is 3. The zero-order valence-corrected chi connectivity index (χ0v) is 16.3. The molecule has 1 heterocycles. The van der Waals surface area contributed by atoms with Crippen molar-refractivity contribution in [1.29, 1.82) is 0 Å². The monoisotopic (exact) mass is 375 g/mol. The topological polar surface area (TPSA) is 109 Å². The number of carboxylic acid groups (broad SMARTS) is 1. The Labute approximate surface area is 160 Å². The second-order valence-electron chi connectivity index (χ2n) is 8.37. The first-order chi connectivity index (χ1) is 12.7. The number of hydrogen-bond acceptors (Lipinski definition) is 5. The van der Waals surface area contributed by atoms with Crippen LogP contribution in [0.1, 0.15) is 69.8 Å². The molecule has 1 aromatic heterocycles. The number of nitrogens with one attached hydrogen (secondary N) is 1. The maximum atomic E-state index is 13.0. The van der Waals surface area contributed by atoms with Crippen molar-refractivity contribution in [3.8, 4) is 0 Å². The van der Waals surface area contributed by atoms with Crippen LogP contribution in [0.3, 0.4) is 0 Å². The van der Waals surface area contributed by atoms with Gasteiger partial charge >= 0.3 is 5.97 Å². The number of carboxylic acids is 1. The molecule has 27 heavy (non-hydrogen) atoms. The number of rotatable bonds is 7. The van der Waals surface area contributed by atoms with Gasteiger partial charge in [-0.15, -0.1) is 0 Å². The van der Waals surface area contributed by atoms with E-state index in [-0.39, 0.29) is 29.7 Å². The highest BCUT2D eigenvalue weighted by Crippen LogP contribution is 2.33. The third kappa shape index (κ3) is 5.84. The van der Waals surface area contributed by atoms with Crippen LogP contribution in [0.15, 0.2) is 18.6 Å². The van der Waals surface area contributed by atoms with E-state index in [4.69, 9.17) is 0 Å². The average molecular weight is 375 g/mol. The van der Waals surface area contributed by atoms with E-state index >= 15 is 0 Å². The quantitative estimate of drug-likeness (QED) is 0.709. The van der Waals surface area contributed by atoms with Crippen molar-refractivity contribution < 1.29 is 19.5 Å². The molecular weight excluding hydrogens is 346 g/mol. The van der Waals surface area contributed by atoms with Gasteiger partial charge in [-0.05, 0) is 24.2 Å². The highest BCUT2D eigenvalue weighted by atomic mass is 16.4. The molecule has 0 unspecified atom stereocenters. The fourth-order valence-electron chi connectivity index (χ4n) is 3.66. The zero-order valence-electron chi connectivity index (χ0n) is 16.3. The van der Waals surface area contributed by atoms with Crippen molar-refractivity contribution in [3.63, 3.8) is 0 Å². The molecular formula is C20H29N3O4. The number of Topliss-reactive ketones (excluding diaryl/α,β-unsaturated/α-hetero) is 1. The lowest BCUT2D eigenvalue weighted by Crippen LogP contribution is -2.52. The summed E-state index contributed by atoms with van der Waals surface area (Å²) >= 11 is 0. The molecule has 2 rings (SSSR count). The van der Waals surface area contributed by atoms with E-state index in [2.05, 4.69) is 15.3 Å². The van der Waals surface area contributed by atoms with Gasteiger partial charge in [-0.3, -0.25) is 14.6 Å². The molecule has 7 nitrogen and oxygen atoms in total. The molecule has 1 saturated carbocycles. The van der Waals surface area contributed by atoms with Crippen molar-refractivity contribution in [3.05, 3.63) is 24.3 Å². The van der Waals surface area contributed by atoms with Crippen LogP contribution in [0.2, 0.25) is 0 Å². The first-order valence-corrected chi connectivity index (χ1v) is 9.52. The lowest BCUT2D eigenvalue weighted by atomic mass is 9.76. The average Bonchev–Trinajstić information content (AvgIpc) is 2.64. The van der Waals surface area contributed by atoms with Gasteiger partial charge in [0.1, 0.15) is 11.7 Å². The first kappa shape index (κ1) is 21.0. The molecule has 1 fully saturated rings. The normalized spacial score (nSPS) is 17.7. The lowest BCUT2D eigenvalue weighted by Gasteiger charge is -2.33. The molecule has 0 bridgehead atoms. The number of nitrogens with zero attached hydrogens (tertiary/aromatic N) is 2. The summed E-state index contributed by atoms with van der Waals surface area (Å²) in [7, 11) is 0. The number of amides is 1. The summed E-state index contributed by atoms with van der Waals surface area (Å²) < 4.78 is 0. The summed E-state index contributed by atoms with van der Waals surface area (Å²) in [5.74, 6) is -2.14. The molecule has 0 radical (unpaired) electrons. The van der Waals surface area contributed by atoms with E-state index in [9.17, 15) is 19.5 Å². The standard InChI is InChI=1S/C20H29N3O4/c1-20(2,3)17(19(26)27)23-18(25)14(13-7-5-4-6-8-13)11-16(24)15-12-21-9-10-22-15/h9-10,12-14,17H,4-8,11H2,1-3H3,(H,23,25)(H,26,27)/t14-,17+/m0/s1. The molecule has 0 saturated heterocycles. The summed E-state index contributed by atoms with van der Waals surface area (Å²) in [4.78, 5) is 45.2. The summed E-state index contributed by atoms with van der Waals surface area (Å²) in [5, 5.41) is 12.2. The molecule has 0 aromatic carbocycles. The SMILES string of the molecule is CC(C)(C)[C@H](NC(=O)[C@@H](CC(=O)c1cnccn1)C1CCCCC1)C(=O)O. The Morgan fingerprint density at radius 3 is 2.37 bits per heavy atom.